The molecule has 6 heteroatoms. The van der Waals surface area contributed by atoms with Crippen molar-refractivity contribution in [3.63, 3.8) is 0 Å². The highest BCUT2D eigenvalue weighted by Crippen LogP contribution is 2.10. The first-order chi connectivity index (χ1) is 11.1. The molecule has 0 spiro atoms. The molecule has 120 valence electrons. The Morgan fingerprint density at radius 3 is 2.74 bits per heavy atom. The van der Waals surface area contributed by atoms with E-state index in [2.05, 4.69) is 11.9 Å². The van der Waals surface area contributed by atoms with Crippen molar-refractivity contribution in [3.05, 3.63) is 63.1 Å². The van der Waals surface area contributed by atoms with E-state index in [9.17, 15) is 9.59 Å². The first-order valence-electron chi connectivity index (χ1n) is 7.81. The van der Waals surface area contributed by atoms with E-state index in [1.54, 1.807) is 30.2 Å². The number of hydrogen-bond acceptors (Lipinski definition) is 3. The molecule has 3 aromatic heterocycles. The number of pyridine rings is 2. The largest absolute Gasteiger partial charge is 0.309 e. The van der Waals surface area contributed by atoms with E-state index >= 15 is 0 Å². The summed E-state index contributed by atoms with van der Waals surface area (Å²) in [5.74, 6) is 0. The smallest absolute Gasteiger partial charge is 0.275 e. The van der Waals surface area contributed by atoms with Gasteiger partial charge < -0.3 is 4.57 Å². The molecule has 0 aliphatic rings. The quantitative estimate of drug-likeness (QED) is 0.721. The maximum absolute atomic E-state index is 12.4. The average Bonchev–Trinajstić information content (AvgIpc) is 2.78. The van der Waals surface area contributed by atoms with Crippen molar-refractivity contribution in [1.29, 1.82) is 0 Å². The van der Waals surface area contributed by atoms with Crippen molar-refractivity contribution in [2.24, 2.45) is 7.05 Å². The fraction of sp³-hybridized carbons (Fsp3) is 0.353. The molecule has 3 rings (SSSR count). The Labute approximate surface area is 133 Å². The molecule has 23 heavy (non-hydrogen) atoms. The Morgan fingerprint density at radius 1 is 1.22 bits per heavy atom. The molecule has 3 heterocycles. The van der Waals surface area contributed by atoms with Crippen LogP contribution >= 0.6 is 0 Å². The molecule has 0 atom stereocenters. The fourth-order valence-electron chi connectivity index (χ4n) is 2.76. The number of aromatic nitrogens is 4. The van der Waals surface area contributed by atoms with Crippen LogP contribution in [-0.4, -0.2) is 18.9 Å². The molecule has 0 unspecified atom stereocenters. The highest BCUT2D eigenvalue weighted by molar-refractivity contribution is 5.77. The van der Waals surface area contributed by atoms with Crippen molar-refractivity contribution >= 4 is 10.9 Å². The van der Waals surface area contributed by atoms with Crippen LogP contribution < -0.4 is 11.1 Å². The van der Waals surface area contributed by atoms with Gasteiger partial charge in [-0.15, -0.1) is 0 Å². The summed E-state index contributed by atoms with van der Waals surface area (Å²) in [5, 5.41) is 0.569. The van der Waals surface area contributed by atoms with Crippen LogP contribution in [-0.2, 0) is 20.1 Å². The van der Waals surface area contributed by atoms with Crippen molar-refractivity contribution in [1.82, 2.24) is 18.9 Å². The first-order valence-corrected chi connectivity index (χ1v) is 7.81. The van der Waals surface area contributed by atoms with Crippen LogP contribution in [0.25, 0.3) is 10.9 Å². The lowest BCUT2D eigenvalue weighted by Crippen LogP contribution is -2.20. The highest BCUT2D eigenvalue weighted by atomic mass is 16.1. The second-order valence-corrected chi connectivity index (χ2v) is 5.67. The van der Waals surface area contributed by atoms with E-state index in [-0.39, 0.29) is 11.1 Å². The lowest BCUT2D eigenvalue weighted by Gasteiger charge is -2.08. The fourth-order valence-corrected chi connectivity index (χ4v) is 2.76. The van der Waals surface area contributed by atoms with Gasteiger partial charge in [0.1, 0.15) is 0 Å². The van der Waals surface area contributed by atoms with Gasteiger partial charge in [0, 0.05) is 32.1 Å². The van der Waals surface area contributed by atoms with E-state index < -0.39 is 0 Å². The third-order valence-corrected chi connectivity index (χ3v) is 4.05. The van der Waals surface area contributed by atoms with Gasteiger partial charge in [0.2, 0.25) is 0 Å². The number of fused-ring (bicyclic) bond motifs is 1. The Kier molecular flexibility index (Phi) is 4.14. The normalized spacial score (nSPS) is 11.2. The third-order valence-electron chi connectivity index (χ3n) is 4.05. The van der Waals surface area contributed by atoms with Crippen LogP contribution in [0.15, 0.2) is 46.2 Å². The SMILES string of the molecule is CCCCn1c2cc(=O)n(Cc3ccccn3)cc2c(=O)n1C. The van der Waals surface area contributed by atoms with Crippen molar-refractivity contribution in [2.75, 3.05) is 0 Å². The predicted molar refractivity (Wildman–Crippen MR) is 89.7 cm³/mol. The minimum absolute atomic E-state index is 0.0779. The minimum atomic E-state index is -0.126. The summed E-state index contributed by atoms with van der Waals surface area (Å²) < 4.78 is 5.01. The Bertz CT molecular complexity index is 935. The summed E-state index contributed by atoms with van der Waals surface area (Å²) in [5.41, 5.74) is 1.29. The summed E-state index contributed by atoms with van der Waals surface area (Å²) in [6.45, 7) is 3.19. The molecular formula is C17H20N4O2. The Balaban J connectivity index is 2.10. The van der Waals surface area contributed by atoms with Gasteiger partial charge in [-0.3, -0.25) is 23.9 Å². The number of nitrogens with zero attached hydrogens (tertiary/aromatic N) is 4. The molecular weight excluding hydrogens is 292 g/mol. The highest BCUT2D eigenvalue weighted by Gasteiger charge is 2.13. The van der Waals surface area contributed by atoms with E-state index in [1.165, 1.54) is 4.57 Å². The van der Waals surface area contributed by atoms with Crippen LogP contribution in [0.2, 0.25) is 0 Å². The van der Waals surface area contributed by atoms with Gasteiger partial charge in [-0.05, 0) is 18.6 Å². The molecule has 0 N–H and O–H groups in total. The molecule has 0 aromatic carbocycles. The maximum atomic E-state index is 12.4. The zero-order chi connectivity index (χ0) is 16.4. The van der Waals surface area contributed by atoms with Gasteiger partial charge in [-0.25, -0.2) is 0 Å². The van der Waals surface area contributed by atoms with Crippen LogP contribution in [0.5, 0.6) is 0 Å². The molecule has 0 fully saturated rings. The van der Waals surface area contributed by atoms with Crippen LogP contribution in [0.3, 0.4) is 0 Å². The first kappa shape index (κ1) is 15.3. The average molecular weight is 312 g/mol. The number of unbranched alkanes of at least 4 members (excludes halogenated alkanes) is 1. The summed E-state index contributed by atoms with van der Waals surface area (Å²) >= 11 is 0. The Hall–Kier alpha value is -2.63. The number of rotatable bonds is 5. The zero-order valence-electron chi connectivity index (χ0n) is 13.4. The van der Waals surface area contributed by atoms with E-state index in [0.29, 0.717) is 17.4 Å². The summed E-state index contributed by atoms with van der Waals surface area (Å²) in [7, 11) is 1.74. The van der Waals surface area contributed by atoms with Crippen LogP contribution in [0.4, 0.5) is 0 Å². The Morgan fingerprint density at radius 2 is 2.04 bits per heavy atom. The van der Waals surface area contributed by atoms with Gasteiger partial charge in [0.05, 0.1) is 23.1 Å². The van der Waals surface area contributed by atoms with Crippen molar-refractivity contribution < 1.29 is 0 Å². The summed E-state index contributed by atoms with van der Waals surface area (Å²) in [6, 6.07) is 7.13. The molecule has 0 bridgehead atoms. The number of aryl methyl sites for hydroxylation is 1. The molecule has 0 aliphatic heterocycles. The topological polar surface area (TPSA) is 61.8 Å². The second kappa shape index (κ2) is 6.24. The molecule has 0 amide bonds. The number of hydrogen-bond donors (Lipinski definition) is 0. The van der Waals surface area contributed by atoms with Gasteiger partial charge in [-0.1, -0.05) is 19.4 Å². The van der Waals surface area contributed by atoms with Crippen LogP contribution in [0.1, 0.15) is 25.5 Å². The van der Waals surface area contributed by atoms with E-state index in [4.69, 9.17) is 0 Å². The van der Waals surface area contributed by atoms with E-state index in [0.717, 1.165) is 25.1 Å². The second-order valence-electron chi connectivity index (χ2n) is 5.67. The molecule has 0 saturated carbocycles. The van der Waals surface area contributed by atoms with Crippen LogP contribution in [0, 0.1) is 0 Å². The lowest BCUT2D eigenvalue weighted by atomic mass is 10.3. The summed E-state index contributed by atoms with van der Waals surface area (Å²) in [4.78, 5) is 29.1. The standard InChI is InChI=1S/C17H20N4O2/c1-3-4-9-21-15-10-16(22)20(11-13-7-5-6-8-18-13)12-14(15)17(23)19(21)2/h5-8,10,12H,3-4,9,11H2,1-2H3. The van der Waals surface area contributed by atoms with Gasteiger partial charge in [-0.2, -0.15) is 0 Å². The molecule has 3 aromatic rings. The molecule has 0 aliphatic carbocycles. The predicted octanol–water partition coefficient (Wildman–Crippen LogP) is 1.75. The minimum Gasteiger partial charge on any atom is -0.309 e. The monoisotopic (exact) mass is 312 g/mol. The summed E-state index contributed by atoms with van der Waals surface area (Å²) in [6.07, 6.45) is 5.34. The third kappa shape index (κ3) is 2.84. The zero-order valence-corrected chi connectivity index (χ0v) is 13.4. The molecule has 0 radical (unpaired) electrons. The maximum Gasteiger partial charge on any atom is 0.275 e. The van der Waals surface area contributed by atoms with Gasteiger partial charge >= 0.3 is 0 Å². The van der Waals surface area contributed by atoms with Gasteiger partial charge in [0.25, 0.3) is 11.1 Å². The van der Waals surface area contributed by atoms with Crippen molar-refractivity contribution in [3.8, 4) is 0 Å². The molecule has 0 saturated heterocycles. The van der Waals surface area contributed by atoms with Crippen molar-refractivity contribution in [2.45, 2.75) is 32.9 Å². The van der Waals surface area contributed by atoms with Gasteiger partial charge in [0.15, 0.2) is 0 Å². The molecule has 6 nitrogen and oxygen atoms in total. The lowest BCUT2D eigenvalue weighted by molar-refractivity contribution is 0.493. The van der Waals surface area contributed by atoms with E-state index in [1.807, 2.05) is 22.9 Å².